The van der Waals surface area contributed by atoms with Gasteiger partial charge in [-0.2, -0.15) is 13.7 Å². The van der Waals surface area contributed by atoms with Crippen LogP contribution in [0, 0.1) is 21.4 Å². The van der Waals surface area contributed by atoms with Crippen LogP contribution >= 0.6 is 15.9 Å². The molecular weight excluding hydrogens is 554 g/mol. The fourth-order valence-electron chi connectivity index (χ4n) is 3.00. The van der Waals surface area contributed by atoms with Crippen LogP contribution in [0.15, 0.2) is 81.7 Å². The molecule has 0 saturated heterocycles. The van der Waals surface area contributed by atoms with Crippen LogP contribution in [0.25, 0.3) is 6.08 Å². The van der Waals surface area contributed by atoms with E-state index < -0.39 is 20.9 Å². The molecule has 0 bridgehead atoms. The summed E-state index contributed by atoms with van der Waals surface area (Å²) in [5.41, 5.74) is -0.130. The van der Waals surface area contributed by atoms with Crippen LogP contribution in [0.4, 0.5) is 11.4 Å². The van der Waals surface area contributed by atoms with Gasteiger partial charge in [-0.15, -0.1) is 0 Å². The van der Waals surface area contributed by atoms with Gasteiger partial charge in [-0.05, 0) is 55.5 Å². The summed E-state index contributed by atoms with van der Waals surface area (Å²) in [6.45, 7) is 1.34. The zero-order chi connectivity index (χ0) is 26.5. The Hall–Kier alpha value is -4.34. The van der Waals surface area contributed by atoms with E-state index in [4.69, 9.17) is 4.18 Å². The van der Waals surface area contributed by atoms with Crippen molar-refractivity contribution in [2.24, 2.45) is 0 Å². The first-order chi connectivity index (χ1) is 17.0. The number of rotatable bonds is 8. The standard InChI is InChI=1S/C24H16BrN3O7S/c1-15(29)21-4-2-3-5-22(21)27-24(30)17(14-26)12-16-13-18(25)6-11-23(16)35-36(33,34)20-9-7-19(8-10-20)28(31)32/h2-13H,1H3,(H,27,30)/b17-12-. The molecule has 1 amide bonds. The Morgan fingerprint density at radius 3 is 2.39 bits per heavy atom. The van der Waals surface area contributed by atoms with E-state index in [0.717, 1.165) is 30.3 Å². The number of nitrogens with one attached hydrogen (secondary N) is 1. The maximum Gasteiger partial charge on any atom is 0.339 e. The molecule has 0 fully saturated rings. The second kappa shape index (κ2) is 10.9. The molecule has 0 heterocycles. The average Bonchev–Trinajstić information content (AvgIpc) is 2.84. The summed E-state index contributed by atoms with van der Waals surface area (Å²) < 4.78 is 31.2. The molecule has 10 nitrogen and oxygen atoms in total. The molecule has 0 aliphatic heterocycles. The molecule has 12 heteroatoms. The Labute approximate surface area is 214 Å². The van der Waals surface area contributed by atoms with Crippen molar-refractivity contribution in [3.05, 3.63) is 98.0 Å². The quantitative estimate of drug-likeness (QED) is 0.100. The van der Waals surface area contributed by atoms with Gasteiger partial charge in [0.15, 0.2) is 5.78 Å². The summed E-state index contributed by atoms with van der Waals surface area (Å²) in [6.07, 6.45) is 1.14. The Morgan fingerprint density at radius 1 is 1.11 bits per heavy atom. The van der Waals surface area contributed by atoms with E-state index in [1.807, 2.05) is 0 Å². The highest BCUT2D eigenvalue weighted by molar-refractivity contribution is 9.10. The number of hydrogen-bond acceptors (Lipinski definition) is 8. The first-order valence-electron chi connectivity index (χ1n) is 10.0. The van der Waals surface area contributed by atoms with E-state index in [2.05, 4.69) is 21.2 Å². The number of benzene rings is 3. The number of nitro groups is 1. The first-order valence-corrected chi connectivity index (χ1v) is 12.2. The molecule has 3 aromatic rings. The largest absolute Gasteiger partial charge is 0.378 e. The topological polar surface area (TPSA) is 156 Å². The minimum Gasteiger partial charge on any atom is -0.378 e. The molecule has 0 aliphatic carbocycles. The first kappa shape index (κ1) is 26.3. The predicted molar refractivity (Wildman–Crippen MR) is 134 cm³/mol. The molecule has 182 valence electrons. The number of Topliss-reactive ketones (excluding diaryl/α,β-unsaturated/α-hetero) is 1. The van der Waals surface area contributed by atoms with Crippen molar-refractivity contribution in [2.45, 2.75) is 11.8 Å². The third-order valence-electron chi connectivity index (χ3n) is 4.73. The SMILES string of the molecule is CC(=O)c1ccccc1NC(=O)/C(C#N)=C\c1cc(Br)ccc1OS(=O)(=O)c1ccc([N+](=O)[O-])cc1. The van der Waals surface area contributed by atoms with Crippen molar-refractivity contribution in [3.63, 3.8) is 0 Å². The molecule has 3 rings (SSSR count). The molecular formula is C24H16BrN3O7S. The third kappa shape index (κ3) is 6.21. The van der Waals surface area contributed by atoms with E-state index in [1.165, 1.54) is 37.3 Å². The summed E-state index contributed by atoms with van der Waals surface area (Å²) in [7, 11) is -4.41. The van der Waals surface area contributed by atoms with Gasteiger partial charge in [0.1, 0.15) is 22.3 Å². The number of para-hydroxylation sites is 1. The van der Waals surface area contributed by atoms with Gasteiger partial charge in [-0.1, -0.05) is 28.1 Å². The predicted octanol–water partition coefficient (Wildman–Crippen LogP) is 4.87. The number of anilines is 1. The Kier molecular flexibility index (Phi) is 7.98. The van der Waals surface area contributed by atoms with Crippen molar-refractivity contribution in [2.75, 3.05) is 5.32 Å². The Bertz CT molecular complexity index is 1540. The van der Waals surface area contributed by atoms with E-state index in [1.54, 1.807) is 18.2 Å². The van der Waals surface area contributed by atoms with Crippen LogP contribution in [0.3, 0.4) is 0 Å². The molecule has 3 aromatic carbocycles. The monoisotopic (exact) mass is 569 g/mol. The van der Waals surface area contributed by atoms with Gasteiger partial charge in [0.2, 0.25) is 0 Å². The highest BCUT2D eigenvalue weighted by Crippen LogP contribution is 2.29. The number of amides is 1. The number of halogens is 1. The Morgan fingerprint density at radius 2 is 1.78 bits per heavy atom. The summed E-state index contributed by atoms with van der Waals surface area (Å²) >= 11 is 3.25. The number of hydrogen-bond donors (Lipinski definition) is 1. The molecule has 36 heavy (non-hydrogen) atoms. The fourth-order valence-corrected chi connectivity index (χ4v) is 4.33. The smallest absolute Gasteiger partial charge is 0.339 e. The number of ketones is 1. The maximum absolute atomic E-state index is 12.8. The molecule has 0 radical (unpaired) electrons. The van der Waals surface area contributed by atoms with Crippen molar-refractivity contribution < 1.29 is 27.1 Å². The van der Waals surface area contributed by atoms with Crippen molar-refractivity contribution in [3.8, 4) is 11.8 Å². The van der Waals surface area contributed by atoms with Crippen LogP contribution in [-0.4, -0.2) is 25.0 Å². The zero-order valence-corrected chi connectivity index (χ0v) is 20.9. The van der Waals surface area contributed by atoms with Crippen molar-refractivity contribution in [1.29, 1.82) is 5.26 Å². The van der Waals surface area contributed by atoms with Gasteiger partial charge in [0.05, 0.1) is 10.6 Å². The van der Waals surface area contributed by atoms with Gasteiger partial charge in [0, 0.05) is 27.7 Å². The van der Waals surface area contributed by atoms with Crippen molar-refractivity contribution in [1.82, 2.24) is 0 Å². The van der Waals surface area contributed by atoms with Gasteiger partial charge in [-0.3, -0.25) is 19.7 Å². The van der Waals surface area contributed by atoms with Crippen LogP contribution in [0.1, 0.15) is 22.8 Å². The lowest BCUT2D eigenvalue weighted by Gasteiger charge is -2.11. The Balaban J connectivity index is 1.95. The number of nitrogens with zero attached hydrogens (tertiary/aromatic N) is 2. The average molecular weight is 570 g/mol. The van der Waals surface area contributed by atoms with Gasteiger partial charge in [0.25, 0.3) is 11.6 Å². The second-order valence-electron chi connectivity index (χ2n) is 7.20. The lowest BCUT2D eigenvalue weighted by atomic mass is 10.1. The molecule has 0 atom stereocenters. The van der Waals surface area contributed by atoms with Crippen molar-refractivity contribution >= 4 is 55.2 Å². The normalized spacial score (nSPS) is 11.3. The second-order valence-corrected chi connectivity index (χ2v) is 9.66. The highest BCUT2D eigenvalue weighted by Gasteiger charge is 2.21. The van der Waals surface area contributed by atoms with Crippen LogP contribution in [0.5, 0.6) is 5.75 Å². The van der Waals surface area contributed by atoms with E-state index >= 15 is 0 Å². The minimum atomic E-state index is -4.41. The number of nitriles is 1. The number of carbonyl (C=O) groups is 2. The maximum atomic E-state index is 12.8. The number of nitro benzene ring substituents is 1. The van der Waals surface area contributed by atoms with E-state index in [0.29, 0.717) is 4.47 Å². The van der Waals surface area contributed by atoms with Gasteiger partial charge >= 0.3 is 10.1 Å². The number of carbonyl (C=O) groups excluding carboxylic acids is 2. The summed E-state index contributed by atoms with van der Waals surface area (Å²) in [5.74, 6) is -1.30. The zero-order valence-electron chi connectivity index (χ0n) is 18.5. The summed E-state index contributed by atoms with van der Waals surface area (Å²) in [4.78, 5) is 34.4. The minimum absolute atomic E-state index is 0.0846. The lowest BCUT2D eigenvalue weighted by Crippen LogP contribution is -2.16. The van der Waals surface area contributed by atoms with E-state index in [9.17, 15) is 33.4 Å². The lowest BCUT2D eigenvalue weighted by molar-refractivity contribution is -0.384. The summed E-state index contributed by atoms with van der Waals surface area (Å²) in [5, 5.41) is 22.9. The highest BCUT2D eigenvalue weighted by atomic mass is 79.9. The van der Waals surface area contributed by atoms with Crippen LogP contribution < -0.4 is 9.50 Å². The molecule has 0 aliphatic rings. The van der Waals surface area contributed by atoms with Crippen LogP contribution in [-0.2, 0) is 14.9 Å². The molecule has 1 N–H and O–H groups in total. The van der Waals surface area contributed by atoms with Gasteiger partial charge < -0.3 is 9.50 Å². The molecule has 0 saturated carbocycles. The van der Waals surface area contributed by atoms with Gasteiger partial charge in [-0.25, -0.2) is 0 Å². The molecule has 0 unspecified atom stereocenters. The summed E-state index contributed by atoms with van der Waals surface area (Å²) in [6, 6.07) is 16.4. The third-order valence-corrected chi connectivity index (χ3v) is 6.47. The van der Waals surface area contributed by atoms with E-state index in [-0.39, 0.29) is 44.5 Å². The van der Waals surface area contributed by atoms with Crippen LogP contribution in [0.2, 0.25) is 0 Å². The molecule has 0 spiro atoms. The molecule has 0 aromatic heterocycles. The fraction of sp³-hybridized carbons (Fsp3) is 0.0417. The number of non-ortho nitro benzene ring substituents is 1.